The number of fused-ring (bicyclic) bond motifs is 3. The van der Waals surface area contributed by atoms with Crippen LogP contribution in [-0.4, -0.2) is 0 Å². The SMILES string of the molecule is c1ccc(-c2ccc(-c3ccccc3N(c3ccccc3)c3cc(-c4cc5ccccc5c5ccccc45)cc(N(c4ccccc4)c4ccccc4)c3)cc2)cc1. The molecule has 0 radical (unpaired) electrons. The van der Waals surface area contributed by atoms with Crippen LogP contribution in [0.2, 0.25) is 0 Å². The number of hydrogen-bond donors (Lipinski definition) is 0. The van der Waals surface area contributed by atoms with Crippen molar-refractivity contribution in [1.82, 2.24) is 0 Å². The van der Waals surface area contributed by atoms with Crippen LogP contribution in [0.1, 0.15) is 0 Å². The zero-order chi connectivity index (χ0) is 38.7. The van der Waals surface area contributed by atoms with E-state index in [1.807, 2.05) is 0 Å². The summed E-state index contributed by atoms with van der Waals surface area (Å²) in [6.07, 6.45) is 0. The van der Waals surface area contributed by atoms with Crippen molar-refractivity contribution in [2.75, 3.05) is 9.80 Å². The van der Waals surface area contributed by atoms with Crippen molar-refractivity contribution in [1.29, 1.82) is 0 Å². The van der Waals surface area contributed by atoms with Crippen LogP contribution in [0.5, 0.6) is 0 Å². The third kappa shape index (κ3) is 6.67. The third-order valence-corrected chi connectivity index (χ3v) is 11.0. The first-order chi connectivity index (χ1) is 28.8. The van der Waals surface area contributed by atoms with Gasteiger partial charge in [-0.25, -0.2) is 0 Å². The first kappa shape index (κ1) is 34.8. The van der Waals surface area contributed by atoms with Crippen molar-refractivity contribution in [2.45, 2.75) is 0 Å². The fourth-order valence-electron chi connectivity index (χ4n) is 8.29. The van der Waals surface area contributed by atoms with Crippen LogP contribution in [0.3, 0.4) is 0 Å². The van der Waals surface area contributed by atoms with Crippen LogP contribution in [-0.2, 0) is 0 Å². The number of anilines is 6. The number of nitrogens with zero attached hydrogens (tertiary/aromatic N) is 2. The molecule has 0 unspecified atom stereocenters. The molecule has 0 atom stereocenters. The van der Waals surface area contributed by atoms with E-state index in [9.17, 15) is 0 Å². The van der Waals surface area contributed by atoms with E-state index in [1.54, 1.807) is 0 Å². The van der Waals surface area contributed by atoms with E-state index in [0.717, 1.165) is 50.8 Å². The Balaban J connectivity index is 1.24. The minimum Gasteiger partial charge on any atom is -0.310 e. The van der Waals surface area contributed by atoms with E-state index >= 15 is 0 Å². The normalized spacial score (nSPS) is 11.1. The van der Waals surface area contributed by atoms with Crippen molar-refractivity contribution in [3.05, 3.63) is 243 Å². The number of benzene rings is 10. The molecule has 2 nitrogen and oxygen atoms in total. The highest BCUT2D eigenvalue weighted by molar-refractivity contribution is 6.14. The van der Waals surface area contributed by atoms with Gasteiger partial charge in [0.25, 0.3) is 0 Å². The Bertz CT molecular complexity index is 2940. The number of rotatable bonds is 9. The summed E-state index contributed by atoms with van der Waals surface area (Å²) in [7, 11) is 0. The molecule has 0 aliphatic carbocycles. The Morgan fingerprint density at radius 3 is 1.31 bits per heavy atom. The average molecular weight is 741 g/mol. The molecule has 0 saturated heterocycles. The smallest absolute Gasteiger partial charge is 0.0540 e. The number of hydrogen-bond acceptors (Lipinski definition) is 2. The van der Waals surface area contributed by atoms with Gasteiger partial charge in [-0.05, 0) is 116 Å². The highest BCUT2D eigenvalue weighted by Crippen LogP contribution is 2.47. The van der Waals surface area contributed by atoms with Gasteiger partial charge in [0.1, 0.15) is 0 Å². The van der Waals surface area contributed by atoms with Gasteiger partial charge < -0.3 is 9.80 Å². The van der Waals surface area contributed by atoms with Crippen molar-refractivity contribution in [3.8, 4) is 33.4 Å². The Hall–Kier alpha value is -7.68. The lowest BCUT2D eigenvalue weighted by molar-refractivity contribution is 1.25. The van der Waals surface area contributed by atoms with E-state index < -0.39 is 0 Å². The molecule has 0 aromatic heterocycles. The van der Waals surface area contributed by atoms with Crippen LogP contribution in [0.15, 0.2) is 243 Å². The molecular weight excluding hydrogens is 701 g/mol. The van der Waals surface area contributed by atoms with E-state index in [2.05, 4.69) is 252 Å². The van der Waals surface area contributed by atoms with Crippen LogP contribution >= 0.6 is 0 Å². The highest BCUT2D eigenvalue weighted by Gasteiger charge is 2.22. The lowest BCUT2D eigenvalue weighted by atomic mass is 9.92. The van der Waals surface area contributed by atoms with Crippen molar-refractivity contribution < 1.29 is 0 Å². The van der Waals surface area contributed by atoms with Gasteiger partial charge in [0.05, 0.1) is 5.69 Å². The number of para-hydroxylation sites is 4. The Morgan fingerprint density at radius 1 is 0.224 bits per heavy atom. The quantitative estimate of drug-likeness (QED) is 0.136. The van der Waals surface area contributed by atoms with E-state index in [1.165, 1.54) is 38.2 Å². The van der Waals surface area contributed by atoms with Crippen molar-refractivity contribution in [2.24, 2.45) is 0 Å². The highest BCUT2D eigenvalue weighted by atomic mass is 15.2. The van der Waals surface area contributed by atoms with Gasteiger partial charge in [-0.15, -0.1) is 0 Å². The molecule has 0 aliphatic rings. The molecule has 0 heterocycles. The van der Waals surface area contributed by atoms with Crippen LogP contribution in [0, 0.1) is 0 Å². The summed E-state index contributed by atoms with van der Waals surface area (Å²) in [6, 6.07) is 87.4. The van der Waals surface area contributed by atoms with Crippen LogP contribution < -0.4 is 9.80 Å². The Labute approximate surface area is 340 Å². The molecular formula is C56H40N2. The molecule has 2 heteroatoms. The molecule has 0 bridgehead atoms. The molecule has 0 amide bonds. The monoisotopic (exact) mass is 740 g/mol. The van der Waals surface area contributed by atoms with Crippen molar-refractivity contribution >= 4 is 55.7 Å². The van der Waals surface area contributed by atoms with E-state index in [0.29, 0.717) is 0 Å². The third-order valence-electron chi connectivity index (χ3n) is 11.0. The van der Waals surface area contributed by atoms with Gasteiger partial charge in [-0.1, -0.05) is 176 Å². The van der Waals surface area contributed by atoms with Crippen LogP contribution in [0.25, 0.3) is 54.9 Å². The Kier molecular flexibility index (Phi) is 9.27. The second-order valence-electron chi connectivity index (χ2n) is 14.6. The van der Waals surface area contributed by atoms with Gasteiger partial charge in [-0.3, -0.25) is 0 Å². The van der Waals surface area contributed by atoms with Gasteiger partial charge in [0.15, 0.2) is 0 Å². The maximum atomic E-state index is 2.42. The van der Waals surface area contributed by atoms with Crippen LogP contribution in [0.4, 0.5) is 34.1 Å². The zero-order valence-corrected chi connectivity index (χ0v) is 32.0. The molecule has 10 aromatic rings. The molecule has 0 spiro atoms. The summed E-state index contributed by atoms with van der Waals surface area (Å²) in [5.74, 6) is 0. The maximum Gasteiger partial charge on any atom is 0.0540 e. The molecule has 0 saturated carbocycles. The molecule has 10 aromatic carbocycles. The largest absolute Gasteiger partial charge is 0.310 e. The summed E-state index contributed by atoms with van der Waals surface area (Å²) >= 11 is 0. The maximum absolute atomic E-state index is 2.42. The standard InChI is InChI=1S/C56H40N2/c1-5-19-41(20-6-1)42-33-35-43(36-34-42)52-29-17-18-32-56(52)58(48-26-11-4-12-27-48)50-38-45(55-39-44-21-13-14-28-51(44)53-30-15-16-31-54(53)55)37-49(40-50)57(46-22-7-2-8-23-46)47-24-9-3-10-25-47/h1-40H. The Morgan fingerprint density at radius 2 is 0.672 bits per heavy atom. The zero-order valence-electron chi connectivity index (χ0n) is 32.0. The first-order valence-electron chi connectivity index (χ1n) is 19.8. The van der Waals surface area contributed by atoms with E-state index in [-0.39, 0.29) is 0 Å². The van der Waals surface area contributed by atoms with Gasteiger partial charge in [0.2, 0.25) is 0 Å². The molecule has 0 fully saturated rings. The summed E-state index contributed by atoms with van der Waals surface area (Å²) in [5, 5.41) is 4.94. The minimum atomic E-state index is 1.06. The predicted octanol–water partition coefficient (Wildman–Crippen LogP) is 15.9. The molecule has 0 aliphatic heterocycles. The predicted molar refractivity (Wildman–Crippen MR) is 247 cm³/mol. The van der Waals surface area contributed by atoms with Gasteiger partial charge >= 0.3 is 0 Å². The molecule has 10 rings (SSSR count). The van der Waals surface area contributed by atoms with E-state index in [4.69, 9.17) is 0 Å². The fraction of sp³-hybridized carbons (Fsp3) is 0. The summed E-state index contributed by atoms with van der Waals surface area (Å²) in [5.41, 5.74) is 13.5. The summed E-state index contributed by atoms with van der Waals surface area (Å²) in [4.78, 5) is 4.79. The average Bonchev–Trinajstić information content (AvgIpc) is 3.30. The summed E-state index contributed by atoms with van der Waals surface area (Å²) in [6.45, 7) is 0. The summed E-state index contributed by atoms with van der Waals surface area (Å²) < 4.78 is 0. The molecule has 0 N–H and O–H groups in total. The topological polar surface area (TPSA) is 6.48 Å². The van der Waals surface area contributed by atoms with Gasteiger partial charge in [0, 0.05) is 34.0 Å². The molecule has 58 heavy (non-hydrogen) atoms. The second kappa shape index (κ2) is 15.5. The van der Waals surface area contributed by atoms with Gasteiger partial charge in [-0.2, -0.15) is 0 Å². The second-order valence-corrected chi connectivity index (χ2v) is 14.6. The first-order valence-corrected chi connectivity index (χ1v) is 19.8. The fourth-order valence-corrected chi connectivity index (χ4v) is 8.29. The minimum absolute atomic E-state index is 1.06. The van der Waals surface area contributed by atoms with Crippen molar-refractivity contribution in [3.63, 3.8) is 0 Å². The lowest BCUT2D eigenvalue weighted by Gasteiger charge is -2.31. The lowest BCUT2D eigenvalue weighted by Crippen LogP contribution is -2.14. The molecule has 274 valence electrons.